The van der Waals surface area contributed by atoms with E-state index in [-0.39, 0.29) is 17.7 Å². The minimum absolute atomic E-state index is 0.0140. The zero-order chi connectivity index (χ0) is 22.7. The van der Waals surface area contributed by atoms with Gasteiger partial charge < -0.3 is 24.7 Å². The normalized spacial score (nSPS) is 15.7. The number of rotatable bonds is 7. The summed E-state index contributed by atoms with van der Waals surface area (Å²) < 4.78 is 12.6. The fourth-order valence-electron chi connectivity index (χ4n) is 4.11. The lowest BCUT2D eigenvalue weighted by atomic mass is 10.1. The molecule has 0 bridgehead atoms. The number of amides is 1. The maximum absolute atomic E-state index is 12.7. The smallest absolute Gasteiger partial charge is 0.356 e. The third-order valence-corrected chi connectivity index (χ3v) is 5.73. The number of nitrogens with one attached hydrogen (secondary N) is 2. The van der Waals surface area contributed by atoms with Crippen LogP contribution in [0, 0.1) is 6.92 Å². The molecule has 1 amide bonds. The predicted octanol–water partition coefficient (Wildman–Crippen LogP) is 3.88. The van der Waals surface area contributed by atoms with E-state index in [1.807, 2.05) is 18.2 Å². The van der Waals surface area contributed by atoms with Crippen LogP contribution in [0.25, 0.3) is 11.0 Å². The van der Waals surface area contributed by atoms with Gasteiger partial charge in [-0.1, -0.05) is 24.3 Å². The number of benzene rings is 1. The molecule has 0 aliphatic carbocycles. The minimum Gasteiger partial charge on any atom is -0.464 e. The molecule has 2 aromatic heterocycles. The molecule has 1 aliphatic heterocycles. The number of carbonyl (C=O) groups is 2. The number of ether oxygens (including phenoxy) is 2. The number of aromatic nitrogens is 2. The molecule has 2 N–H and O–H groups in total. The second-order valence-corrected chi connectivity index (χ2v) is 8.02. The number of aryl methyl sites for hydroxylation is 1. The molecule has 32 heavy (non-hydrogen) atoms. The van der Waals surface area contributed by atoms with Crippen LogP contribution in [-0.2, 0) is 27.4 Å². The lowest BCUT2D eigenvalue weighted by Gasteiger charge is -2.14. The van der Waals surface area contributed by atoms with Gasteiger partial charge in [-0.3, -0.25) is 4.79 Å². The van der Waals surface area contributed by atoms with Gasteiger partial charge in [-0.05, 0) is 37.0 Å². The Morgan fingerprint density at radius 1 is 1.31 bits per heavy atom. The zero-order valence-electron chi connectivity index (χ0n) is 18.6. The second-order valence-electron chi connectivity index (χ2n) is 8.02. The quantitative estimate of drug-likeness (QED) is 0.546. The number of pyridine rings is 1. The summed E-state index contributed by atoms with van der Waals surface area (Å²) in [6.45, 7) is 5.29. The van der Waals surface area contributed by atoms with E-state index in [0.717, 1.165) is 18.5 Å². The van der Waals surface area contributed by atoms with Gasteiger partial charge in [0.1, 0.15) is 5.65 Å². The molecular formula is C24H28N4O4. The van der Waals surface area contributed by atoms with Crippen molar-refractivity contribution in [1.82, 2.24) is 9.55 Å². The summed E-state index contributed by atoms with van der Waals surface area (Å²) in [4.78, 5) is 29.4. The molecule has 1 saturated heterocycles. The van der Waals surface area contributed by atoms with Crippen LogP contribution in [0.4, 0.5) is 11.4 Å². The average molecular weight is 437 g/mol. The van der Waals surface area contributed by atoms with Crippen LogP contribution < -0.4 is 10.6 Å². The summed E-state index contributed by atoms with van der Waals surface area (Å²) in [7, 11) is 1.33. The highest BCUT2D eigenvalue weighted by Gasteiger charge is 2.28. The highest BCUT2D eigenvalue weighted by Crippen LogP contribution is 2.34. The van der Waals surface area contributed by atoms with Crippen LogP contribution in [0.15, 0.2) is 36.5 Å². The molecule has 4 rings (SSSR count). The number of hydrogen-bond donors (Lipinski definition) is 2. The first-order valence-corrected chi connectivity index (χ1v) is 10.8. The van der Waals surface area contributed by atoms with Crippen molar-refractivity contribution in [3.63, 3.8) is 0 Å². The fraction of sp³-hybridized carbons (Fsp3) is 0.375. The Balaban J connectivity index is 1.76. The van der Waals surface area contributed by atoms with Gasteiger partial charge in [-0.25, -0.2) is 9.78 Å². The molecule has 1 atom stereocenters. The lowest BCUT2D eigenvalue weighted by Crippen LogP contribution is -2.21. The Kier molecular flexibility index (Phi) is 6.41. The lowest BCUT2D eigenvalue weighted by molar-refractivity contribution is -0.114. The van der Waals surface area contributed by atoms with Crippen LogP contribution in [0.5, 0.6) is 0 Å². The second kappa shape index (κ2) is 9.40. The van der Waals surface area contributed by atoms with Gasteiger partial charge in [0.2, 0.25) is 5.91 Å². The van der Waals surface area contributed by atoms with Crippen molar-refractivity contribution in [1.29, 1.82) is 0 Å². The van der Waals surface area contributed by atoms with E-state index in [9.17, 15) is 9.59 Å². The van der Waals surface area contributed by atoms with E-state index in [1.54, 1.807) is 10.8 Å². The predicted molar refractivity (Wildman–Crippen MR) is 123 cm³/mol. The summed E-state index contributed by atoms with van der Waals surface area (Å²) in [5.74, 6) is -0.802. The van der Waals surface area contributed by atoms with Gasteiger partial charge in [0.05, 0.1) is 37.3 Å². The largest absolute Gasteiger partial charge is 0.464 e. The number of hydrogen-bond acceptors (Lipinski definition) is 6. The molecule has 1 aromatic carbocycles. The van der Waals surface area contributed by atoms with E-state index in [4.69, 9.17) is 9.47 Å². The van der Waals surface area contributed by atoms with Crippen molar-refractivity contribution in [3.8, 4) is 0 Å². The summed E-state index contributed by atoms with van der Waals surface area (Å²) in [6, 6.07) is 10.1. The van der Waals surface area contributed by atoms with Crippen LogP contribution >= 0.6 is 0 Å². The highest BCUT2D eigenvalue weighted by atomic mass is 16.5. The number of fused-ring (bicyclic) bond motifs is 1. The van der Waals surface area contributed by atoms with Gasteiger partial charge in [-0.15, -0.1) is 0 Å². The first kappa shape index (κ1) is 21.8. The molecule has 3 heterocycles. The van der Waals surface area contributed by atoms with Gasteiger partial charge in [-0.2, -0.15) is 0 Å². The maximum atomic E-state index is 12.7. The van der Waals surface area contributed by atoms with Crippen molar-refractivity contribution in [2.45, 2.75) is 45.9 Å². The molecular weight excluding hydrogens is 408 g/mol. The standard InChI is InChI=1S/C24H28N4O4/c1-15-7-4-5-8-17(15)12-25-18-11-20-21(27-16(2)29)22(24(30)31-3)28(23(20)26-13-18)14-19-9-6-10-32-19/h4-5,7-8,11,13,19,25H,6,9-10,12,14H2,1-3H3,(H,27,29). The van der Waals surface area contributed by atoms with E-state index in [0.29, 0.717) is 36.4 Å². The third-order valence-electron chi connectivity index (χ3n) is 5.73. The number of esters is 1. The number of carbonyl (C=O) groups excluding carboxylic acids is 2. The maximum Gasteiger partial charge on any atom is 0.356 e. The van der Waals surface area contributed by atoms with E-state index >= 15 is 0 Å². The summed E-state index contributed by atoms with van der Waals surface area (Å²) in [5.41, 5.74) is 4.45. The first-order valence-electron chi connectivity index (χ1n) is 10.8. The molecule has 168 valence electrons. The Hall–Kier alpha value is -3.39. The van der Waals surface area contributed by atoms with Gasteiger partial charge in [0.15, 0.2) is 5.69 Å². The molecule has 0 saturated carbocycles. The van der Waals surface area contributed by atoms with Crippen molar-refractivity contribution >= 4 is 34.3 Å². The van der Waals surface area contributed by atoms with Crippen LogP contribution in [0.2, 0.25) is 0 Å². The molecule has 0 spiro atoms. The van der Waals surface area contributed by atoms with Crippen LogP contribution in [-0.4, -0.2) is 41.2 Å². The molecule has 8 heteroatoms. The molecule has 1 aliphatic rings. The molecule has 3 aromatic rings. The Morgan fingerprint density at radius 3 is 2.81 bits per heavy atom. The van der Waals surface area contributed by atoms with Crippen molar-refractivity contribution in [3.05, 3.63) is 53.3 Å². The van der Waals surface area contributed by atoms with E-state index in [2.05, 4.69) is 34.7 Å². The van der Waals surface area contributed by atoms with Crippen molar-refractivity contribution in [2.75, 3.05) is 24.4 Å². The Labute approximate surface area is 186 Å². The Bertz CT molecular complexity index is 1150. The number of anilines is 2. The third kappa shape index (κ3) is 4.45. The summed E-state index contributed by atoms with van der Waals surface area (Å²) in [5, 5.41) is 6.89. The summed E-state index contributed by atoms with van der Waals surface area (Å²) >= 11 is 0. The van der Waals surface area contributed by atoms with Crippen molar-refractivity contribution in [2.24, 2.45) is 0 Å². The molecule has 1 unspecified atom stereocenters. The van der Waals surface area contributed by atoms with Crippen molar-refractivity contribution < 1.29 is 19.1 Å². The van der Waals surface area contributed by atoms with Crippen LogP contribution in [0.1, 0.15) is 41.4 Å². The number of nitrogens with zero attached hydrogens (tertiary/aromatic N) is 2. The van der Waals surface area contributed by atoms with E-state index < -0.39 is 5.97 Å². The molecule has 1 fully saturated rings. The zero-order valence-corrected chi connectivity index (χ0v) is 18.6. The topological polar surface area (TPSA) is 94.5 Å². The fourth-order valence-corrected chi connectivity index (χ4v) is 4.11. The summed E-state index contributed by atoms with van der Waals surface area (Å²) in [6.07, 6.45) is 3.62. The van der Waals surface area contributed by atoms with Gasteiger partial charge in [0, 0.05) is 25.5 Å². The monoisotopic (exact) mass is 436 g/mol. The Morgan fingerprint density at radius 2 is 2.12 bits per heavy atom. The number of methoxy groups -OCH3 is 1. The first-order chi connectivity index (χ1) is 15.5. The SMILES string of the molecule is COC(=O)c1c(NC(C)=O)c2cc(NCc3ccccc3C)cnc2n1CC1CCCO1. The highest BCUT2D eigenvalue weighted by molar-refractivity contribution is 6.10. The van der Waals surface area contributed by atoms with Crippen LogP contribution in [0.3, 0.4) is 0 Å². The van der Waals surface area contributed by atoms with Gasteiger partial charge >= 0.3 is 5.97 Å². The molecule has 8 nitrogen and oxygen atoms in total. The average Bonchev–Trinajstić information content (AvgIpc) is 3.39. The molecule has 0 radical (unpaired) electrons. The van der Waals surface area contributed by atoms with Gasteiger partial charge in [0.25, 0.3) is 0 Å². The minimum atomic E-state index is -0.529. The van der Waals surface area contributed by atoms with E-state index in [1.165, 1.54) is 25.2 Å².